The summed E-state index contributed by atoms with van der Waals surface area (Å²) < 4.78 is 0. The Morgan fingerprint density at radius 1 is 1.24 bits per heavy atom. The monoisotopic (exact) mass is 336 g/mol. The van der Waals surface area contributed by atoms with Gasteiger partial charge < -0.3 is 10.2 Å². The van der Waals surface area contributed by atoms with Gasteiger partial charge in [-0.05, 0) is 23.8 Å². The highest BCUT2D eigenvalue weighted by atomic mass is 16.2. The second-order valence-corrected chi connectivity index (χ2v) is 5.63. The van der Waals surface area contributed by atoms with Crippen molar-refractivity contribution in [2.45, 2.75) is 18.9 Å². The molecule has 0 aliphatic rings. The number of carbonyl (C=O) groups excluding carboxylic acids is 2. The van der Waals surface area contributed by atoms with Crippen molar-refractivity contribution >= 4 is 11.8 Å². The van der Waals surface area contributed by atoms with Crippen molar-refractivity contribution in [1.29, 1.82) is 5.26 Å². The van der Waals surface area contributed by atoms with E-state index < -0.39 is 6.04 Å². The van der Waals surface area contributed by atoms with Gasteiger partial charge in [-0.2, -0.15) is 5.26 Å². The maximum absolute atomic E-state index is 12.7. The summed E-state index contributed by atoms with van der Waals surface area (Å²) in [6.07, 6.45) is 3.91. The van der Waals surface area contributed by atoms with Gasteiger partial charge >= 0.3 is 0 Å². The number of nitriles is 1. The Labute approximate surface area is 147 Å². The van der Waals surface area contributed by atoms with Crippen LogP contribution in [0.5, 0.6) is 0 Å². The molecule has 0 radical (unpaired) electrons. The predicted molar refractivity (Wildman–Crippen MR) is 93.5 cm³/mol. The lowest BCUT2D eigenvalue weighted by atomic mass is 10.1. The van der Waals surface area contributed by atoms with E-state index in [2.05, 4.69) is 10.3 Å². The minimum Gasteiger partial charge on any atom is -0.343 e. The molecular weight excluding hydrogens is 316 g/mol. The van der Waals surface area contributed by atoms with Crippen LogP contribution in [0.15, 0.2) is 54.9 Å². The smallest absolute Gasteiger partial charge is 0.251 e. The zero-order chi connectivity index (χ0) is 18.1. The summed E-state index contributed by atoms with van der Waals surface area (Å²) in [5.41, 5.74) is 1.34. The van der Waals surface area contributed by atoms with Crippen LogP contribution in [0.2, 0.25) is 0 Å². The summed E-state index contributed by atoms with van der Waals surface area (Å²) in [5.74, 6) is -0.542. The van der Waals surface area contributed by atoms with Crippen LogP contribution in [0.3, 0.4) is 0 Å². The molecule has 6 heteroatoms. The number of aromatic nitrogens is 1. The van der Waals surface area contributed by atoms with Crippen molar-refractivity contribution in [3.8, 4) is 6.07 Å². The summed E-state index contributed by atoms with van der Waals surface area (Å²) in [6, 6.07) is 13.7. The lowest BCUT2D eigenvalue weighted by Crippen LogP contribution is -2.48. The first-order chi connectivity index (χ1) is 12.1. The third-order valence-electron chi connectivity index (χ3n) is 3.74. The average Bonchev–Trinajstić information content (AvgIpc) is 2.66. The third-order valence-corrected chi connectivity index (χ3v) is 3.74. The first-order valence-electron chi connectivity index (χ1n) is 7.98. The third kappa shape index (κ3) is 5.43. The van der Waals surface area contributed by atoms with Gasteiger partial charge in [0.1, 0.15) is 6.04 Å². The molecule has 2 rings (SSSR count). The number of hydrogen-bond acceptors (Lipinski definition) is 4. The van der Waals surface area contributed by atoms with Crippen LogP contribution in [0.25, 0.3) is 0 Å². The zero-order valence-electron chi connectivity index (χ0n) is 14.1. The number of likely N-dealkylation sites (N-methyl/N-ethyl adjacent to an activating group) is 1. The lowest BCUT2D eigenvalue weighted by Gasteiger charge is -2.24. The first-order valence-corrected chi connectivity index (χ1v) is 7.98. The Kier molecular flexibility index (Phi) is 6.66. The standard InChI is InChI=1S/C19H20N4O2/c1-23(12-6-10-20)19(25)17(13-15-7-5-11-21-14-15)22-18(24)16-8-3-2-4-9-16/h2-5,7-9,11,14,17H,6,12-13H2,1H3,(H,22,24)/t17-/m1/s1. The Morgan fingerprint density at radius 2 is 2.00 bits per heavy atom. The van der Waals surface area contributed by atoms with Gasteiger partial charge in [0.15, 0.2) is 0 Å². The number of hydrogen-bond donors (Lipinski definition) is 1. The van der Waals surface area contributed by atoms with Gasteiger partial charge in [-0.1, -0.05) is 24.3 Å². The number of benzene rings is 1. The highest BCUT2D eigenvalue weighted by Crippen LogP contribution is 2.07. The second kappa shape index (κ2) is 9.18. The van der Waals surface area contributed by atoms with E-state index >= 15 is 0 Å². The molecule has 0 aliphatic heterocycles. The van der Waals surface area contributed by atoms with Gasteiger partial charge in [-0.25, -0.2) is 0 Å². The SMILES string of the molecule is CN(CCC#N)C(=O)[C@@H](Cc1cccnc1)NC(=O)c1ccccc1. The van der Waals surface area contributed by atoms with E-state index in [9.17, 15) is 9.59 Å². The van der Waals surface area contributed by atoms with Crippen LogP contribution in [0.1, 0.15) is 22.3 Å². The molecule has 0 saturated carbocycles. The van der Waals surface area contributed by atoms with E-state index in [-0.39, 0.29) is 18.2 Å². The maximum atomic E-state index is 12.7. The molecule has 0 unspecified atom stereocenters. The molecule has 0 spiro atoms. The molecule has 128 valence electrons. The van der Waals surface area contributed by atoms with Crippen LogP contribution in [-0.2, 0) is 11.2 Å². The number of nitrogens with zero attached hydrogens (tertiary/aromatic N) is 3. The summed E-state index contributed by atoms with van der Waals surface area (Å²) >= 11 is 0. The second-order valence-electron chi connectivity index (χ2n) is 5.63. The van der Waals surface area contributed by atoms with Crippen molar-refractivity contribution in [3.63, 3.8) is 0 Å². The molecule has 0 bridgehead atoms. The topological polar surface area (TPSA) is 86.1 Å². The first kappa shape index (κ1) is 18.1. The van der Waals surface area contributed by atoms with Crippen LogP contribution in [-0.4, -0.2) is 41.3 Å². The quantitative estimate of drug-likeness (QED) is 0.835. The Hall–Kier alpha value is -3.20. The number of nitrogens with one attached hydrogen (secondary N) is 1. The number of rotatable bonds is 7. The zero-order valence-corrected chi connectivity index (χ0v) is 14.1. The van der Waals surface area contributed by atoms with E-state index in [0.717, 1.165) is 5.56 Å². The van der Waals surface area contributed by atoms with Gasteiger partial charge in [0.2, 0.25) is 5.91 Å². The molecule has 25 heavy (non-hydrogen) atoms. The van der Waals surface area contributed by atoms with Gasteiger partial charge in [-0.15, -0.1) is 0 Å². The Morgan fingerprint density at radius 3 is 2.64 bits per heavy atom. The van der Waals surface area contributed by atoms with Crippen molar-refractivity contribution in [3.05, 3.63) is 66.0 Å². The fourth-order valence-electron chi connectivity index (χ4n) is 2.38. The molecule has 0 fully saturated rings. The average molecular weight is 336 g/mol. The van der Waals surface area contributed by atoms with Crippen LogP contribution in [0.4, 0.5) is 0 Å². The van der Waals surface area contributed by atoms with Crippen LogP contribution >= 0.6 is 0 Å². The number of amides is 2. The van der Waals surface area contributed by atoms with E-state index in [1.54, 1.807) is 49.8 Å². The molecule has 0 aliphatic carbocycles. The minimum absolute atomic E-state index is 0.233. The summed E-state index contributed by atoms with van der Waals surface area (Å²) in [6.45, 7) is 0.320. The fraction of sp³-hybridized carbons (Fsp3) is 0.263. The van der Waals surface area contributed by atoms with Crippen molar-refractivity contribution in [2.75, 3.05) is 13.6 Å². The predicted octanol–water partition coefficient (Wildman–Crippen LogP) is 1.79. The summed E-state index contributed by atoms with van der Waals surface area (Å²) in [7, 11) is 1.63. The molecule has 1 aromatic heterocycles. The van der Waals surface area contributed by atoms with E-state index in [1.165, 1.54) is 4.90 Å². The Bertz CT molecular complexity index is 741. The van der Waals surface area contributed by atoms with Gasteiger partial charge in [0.25, 0.3) is 5.91 Å². The van der Waals surface area contributed by atoms with Crippen LogP contribution in [0, 0.1) is 11.3 Å². The van der Waals surface area contributed by atoms with Gasteiger partial charge in [0.05, 0.1) is 12.5 Å². The lowest BCUT2D eigenvalue weighted by molar-refractivity contribution is -0.131. The molecule has 1 heterocycles. The molecule has 1 aromatic carbocycles. The van der Waals surface area contributed by atoms with Crippen molar-refractivity contribution in [1.82, 2.24) is 15.2 Å². The molecule has 0 saturated heterocycles. The van der Waals surface area contributed by atoms with Crippen molar-refractivity contribution in [2.24, 2.45) is 0 Å². The van der Waals surface area contributed by atoms with Crippen molar-refractivity contribution < 1.29 is 9.59 Å². The van der Waals surface area contributed by atoms with Gasteiger partial charge in [-0.3, -0.25) is 14.6 Å². The van der Waals surface area contributed by atoms with E-state index in [0.29, 0.717) is 18.5 Å². The molecule has 2 amide bonds. The van der Waals surface area contributed by atoms with Crippen LogP contribution < -0.4 is 5.32 Å². The normalized spacial score (nSPS) is 11.2. The molecule has 2 aromatic rings. The molecule has 1 atom stereocenters. The van der Waals surface area contributed by atoms with Gasteiger partial charge in [0, 0.05) is 38.0 Å². The maximum Gasteiger partial charge on any atom is 0.251 e. The minimum atomic E-state index is -0.722. The fourth-order valence-corrected chi connectivity index (χ4v) is 2.38. The largest absolute Gasteiger partial charge is 0.343 e. The van der Waals surface area contributed by atoms with E-state index in [1.807, 2.05) is 18.2 Å². The highest BCUT2D eigenvalue weighted by Gasteiger charge is 2.24. The summed E-state index contributed by atoms with van der Waals surface area (Å²) in [5, 5.41) is 11.5. The molecule has 6 nitrogen and oxygen atoms in total. The molecule has 1 N–H and O–H groups in total. The molecular formula is C19H20N4O2. The summed E-state index contributed by atoms with van der Waals surface area (Å²) in [4.78, 5) is 30.7. The number of carbonyl (C=O) groups is 2. The highest BCUT2D eigenvalue weighted by molar-refractivity contribution is 5.97. The number of pyridine rings is 1. The Balaban J connectivity index is 2.15. The van der Waals surface area contributed by atoms with E-state index in [4.69, 9.17) is 5.26 Å².